The monoisotopic (exact) mass is 153 g/mol. The molecule has 0 aromatic rings. The quantitative estimate of drug-likeness (QED) is 0.454. The summed E-state index contributed by atoms with van der Waals surface area (Å²) in [6.45, 7) is 0. The smallest absolute Gasteiger partial charge is 0.0351 e. The van der Waals surface area contributed by atoms with Crippen molar-refractivity contribution >= 4 is 0 Å². The van der Waals surface area contributed by atoms with Crippen LogP contribution in [-0.4, -0.2) is 14.2 Å². The Hall–Kier alpha value is 0.700. The molecule has 1 nitrogen and oxygen atoms in total. The first-order chi connectivity index (χ1) is 1.41. The summed E-state index contributed by atoms with van der Waals surface area (Å²) in [5.74, 6) is 0. The van der Waals surface area contributed by atoms with Gasteiger partial charge in [0.05, 0.1) is 0 Å². The SMILES string of the molecule is COC.[Ag]. The van der Waals surface area contributed by atoms with Gasteiger partial charge in [-0.1, -0.05) is 0 Å². The van der Waals surface area contributed by atoms with Crippen LogP contribution >= 0.6 is 0 Å². The Kier molecular flexibility index (Phi) is 20.6. The molecule has 0 saturated heterocycles. The van der Waals surface area contributed by atoms with E-state index in [1.807, 2.05) is 0 Å². The number of methoxy groups -OCH3 is 1. The summed E-state index contributed by atoms with van der Waals surface area (Å²) in [7, 11) is 3.25. The van der Waals surface area contributed by atoms with Gasteiger partial charge in [-0.3, -0.25) is 0 Å². The fraction of sp³-hybridized carbons (Fsp3) is 1.00. The molecule has 0 saturated carbocycles. The molecule has 0 bridgehead atoms. The van der Waals surface area contributed by atoms with E-state index in [9.17, 15) is 0 Å². The van der Waals surface area contributed by atoms with Crippen LogP contribution in [0.15, 0.2) is 0 Å². The molecular formula is C2H6AgO. The summed E-state index contributed by atoms with van der Waals surface area (Å²) in [5.41, 5.74) is 0. The van der Waals surface area contributed by atoms with Gasteiger partial charge >= 0.3 is 0 Å². The van der Waals surface area contributed by atoms with Crippen molar-refractivity contribution in [2.45, 2.75) is 0 Å². The topological polar surface area (TPSA) is 9.23 Å². The fourth-order valence-electron chi connectivity index (χ4n) is 0. The minimum absolute atomic E-state index is 0. The first-order valence-corrected chi connectivity index (χ1v) is 0.816. The first-order valence-electron chi connectivity index (χ1n) is 0.816. The molecule has 0 aliphatic rings. The van der Waals surface area contributed by atoms with E-state index in [2.05, 4.69) is 4.74 Å². The summed E-state index contributed by atoms with van der Waals surface area (Å²) in [6.07, 6.45) is 0. The van der Waals surface area contributed by atoms with Crippen molar-refractivity contribution in [3.05, 3.63) is 0 Å². The molecule has 0 aliphatic carbocycles. The molecule has 0 aromatic heterocycles. The number of rotatable bonds is 0. The van der Waals surface area contributed by atoms with Crippen molar-refractivity contribution in [1.29, 1.82) is 0 Å². The third-order valence-electron chi connectivity index (χ3n) is 0. The third-order valence-corrected chi connectivity index (χ3v) is 0. The maximum absolute atomic E-state index is 4.25. The molecule has 0 fully saturated rings. The van der Waals surface area contributed by atoms with Crippen LogP contribution in [0.4, 0.5) is 0 Å². The van der Waals surface area contributed by atoms with Gasteiger partial charge in [-0.05, 0) is 0 Å². The zero-order chi connectivity index (χ0) is 2.71. The Labute approximate surface area is 41.9 Å². The Morgan fingerprint density at radius 2 is 1.25 bits per heavy atom. The first kappa shape index (κ1) is 8.83. The zero-order valence-electron chi connectivity index (χ0n) is 2.71. The molecule has 0 rings (SSSR count). The second-order valence-electron chi connectivity index (χ2n) is 0.408. The molecule has 0 aliphatic heterocycles. The van der Waals surface area contributed by atoms with Crippen molar-refractivity contribution in [3.8, 4) is 0 Å². The van der Waals surface area contributed by atoms with E-state index >= 15 is 0 Å². The van der Waals surface area contributed by atoms with Crippen molar-refractivity contribution in [2.75, 3.05) is 14.2 Å². The molecule has 1 radical (unpaired) electrons. The van der Waals surface area contributed by atoms with E-state index in [-0.39, 0.29) is 22.4 Å². The summed E-state index contributed by atoms with van der Waals surface area (Å²) in [6, 6.07) is 0. The van der Waals surface area contributed by atoms with Crippen LogP contribution < -0.4 is 0 Å². The standard InChI is InChI=1S/C2H6O.Ag/c1-3-2;/h1-2H3;. The maximum Gasteiger partial charge on any atom is 0.0351 e. The van der Waals surface area contributed by atoms with Gasteiger partial charge in [0.1, 0.15) is 0 Å². The van der Waals surface area contributed by atoms with E-state index in [0.29, 0.717) is 0 Å². The molecule has 0 unspecified atom stereocenters. The predicted molar refractivity (Wildman–Crippen MR) is 12.9 cm³/mol. The Morgan fingerprint density at radius 3 is 1.25 bits per heavy atom. The van der Waals surface area contributed by atoms with E-state index in [4.69, 9.17) is 0 Å². The second kappa shape index (κ2) is 9.33. The minimum atomic E-state index is 0. The number of ether oxygens (including phenoxy) is 1. The summed E-state index contributed by atoms with van der Waals surface area (Å²) in [5, 5.41) is 0. The Balaban J connectivity index is 0. The van der Waals surface area contributed by atoms with Crippen LogP contribution in [0.25, 0.3) is 0 Å². The molecule has 0 N–H and O–H groups in total. The number of hydrogen-bond acceptors (Lipinski definition) is 1. The molecule has 2 heteroatoms. The molecule has 0 aromatic carbocycles. The largest absolute Gasteiger partial charge is 0.388 e. The van der Waals surface area contributed by atoms with Crippen LogP contribution in [-0.2, 0) is 27.1 Å². The normalized spacial score (nSPS) is 4.50. The molecule has 4 heavy (non-hydrogen) atoms. The minimum Gasteiger partial charge on any atom is -0.388 e. The summed E-state index contributed by atoms with van der Waals surface area (Å²) in [4.78, 5) is 0. The molecule has 0 amide bonds. The Morgan fingerprint density at radius 1 is 1.25 bits per heavy atom. The Bertz CT molecular complexity index is 6.00. The van der Waals surface area contributed by atoms with Crippen LogP contribution in [0.3, 0.4) is 0 Å². The average molecular weight is 154 g/mol. The van der Waals surface area contributed by atoms with E-state index < -0.39 is 0 Å². The van der Waals surface area contributed by atoms with E-state index in [1.165, 1.54) is 0 Å². The van der Waals surface area contributed by atoms with Crippen molar-refractivity contribution in [2.24, 2.45) is 0 Å². The molecule has 0 spiro atoms. The zero-order valence-corrected chi connectivity index (χ0v) is 4.19. The molecule has 31 valence electrons. The van der Waals surface area contributed by atoms with Crippen molar-refractivity contribution < 1.29 is 27.1 Å². The third kappa shape index (κ3) is 15.9. The summed E-state index contributed by atoms with van der Waals surface area (Å²) >= 11 is 0. The maximum atomic E-state index is 4.25. The van der Waals surface area contributed by atoms with Crippen LogP contribution in [0, 0.1) is 0 Å². The van der Waals surface area contributed by atoms with Gasteiger partial charge < -0.3 is 4.74 Å². The van der Waals surface area contributed by atoms with Crippen LogP contribution in [0.2, 0.25) is 0 Å². The summed E-state index contributed by atoms with van der Waals surface area (Å²) < 4.78 is 4.25. The van der Waals surface area contributed by atoms with Crippen molar-refractivity contribution in [3.63, 3.8) is 0 Å². The van der Waals surface area contributed by atoms with Gasteiger partial charge in [0.15, 0.2) is 0 Å². The van der Waals surface area contributed by atoms with E-state index in [0.717, 1.165) is 0 Å². The molecule has 0 heterocycles. The number of hydrogen-bond donors (Lipinski definition) is 0. The predicted octanol–water partition coefficient (Wildman–Crippen LogP) is 0.260. The molecular weight excluding hydrogens is 148 g/mol. The van der Waals surface area contributed by atoms with Gasteiger partial charge in [-0.15, -0.1) is 0 Å². The fourth-order valence-corrected chi connectivity index (χ4v) is 0. The van der Waals surface area contributed by atoms with Crippen molar-refractivity contribution in [1.82, 2.24) is 0 Å². The average Bonchev–Trinajstić information content (AvgIpc) is 0.918. The van der Waals surface area contributed by atoms with Gasteiger partial charge in [-0.25, -0.2) is 0 Å². The van der Waals surface area contributed by atoms with Gasteiger partial charge in [-0.2, -0.15) is 0 Å². The molecule has 0 atom stereocenters. The van der Waals surface area contributed by atoms with E-state index in [1.54, 1.807) is 14.2 Å². The second-order valence-corrected chi connectivity index (χ2v) is 0.408. The van der Waals surface area contributed by atoms with Crippen LogP contribution in [0.1, 0.15) is 0 Å². The van der Waals surface area contributed by atoms with Crippen LogP contribution in [0.5, 0.6) is 0 Å². The van der Waals surface area contributed by atoms with Gasteiger partial charge in [0.25, 0.3) is 0 Å². The van der Waals surface area contributed by atoms with Gasteiger partial charge in [0, 0.05) is 36.6 Å². The van der Waals surface area contributed by atoms with Gasteiger partial charge in [0.2, 0.25) is 0 Å².